The van der Waals surface area contributed by atoms with Crippen LogP contribution in [0.1, 0.15) is 28.5 Å². The number of aromatic nitrogens is 6. The molecule has 3 heterocycles. The highest BCUT2D eigenvalue weighted by molar-refractivity contribution is 6.03. The summed E-state index contributed by atoms with van der Waals surface area (Å²) >= 11 is 0. The van der Waals surface area contributed by atoms with Gasteiger partial charge in [-0.25, -0.2) is 8.78 Å². The van der Waals surface area contributed by atoms with Crippen LogP contribution in [-0.4, -0.2) is 36.1 Å². The molecule has 162 valence electrons. The molecule has 0 spiro atoms. The van der Waals surface area contributed by atoms with Gasteiger partial charge in [0.2, 0.25) is 0 Å². The second-order valence-electron chi connectivity index (χ2n) is 7.35. The zero-order valence-electron chi connectivity index (χ0n) is 17.5. The maximum atomic E-state index is 13.6. The molecule has 32 heavy (non-hydrogen) atoms. The summed E-state index contributed by atoms with van der Waals surface area (Å²) in [6.45, 7) is 2.68. The number of anilines is 1. The summed E-state index contributed by atoms with van der Waals surface area (Å²) in [6, 6.07) is 10.2. The highest BCUT2D eigenvalue weighted by Gasteiger charge is 2.26. The van der Waals surface area contributed by atoms with E-state index in [0.29, 0.717) is 17.1 Å². The Labute approximate surface area is 182 Å². The maximum Gasteiger partial charge on any atom is 0.276 e. The molecule has 3 aromatic heterocycles. The summed E-state index contributed by atoms with van der Waals surface area (Å²) < 4.78 is 27.1. The molecule has 0 bridgehead atoms. The van der Waals surface area contributed by atoms with Crippen molar-refractivity contribution in [3.05, 3.63) is 71.8 Å². The summed E-state index contributed by atoms with van der Waals surface area (Å²) in [7, 11) is 1.73. The number of halogens is 2. The lowest BCUT2D eigenvalue weighted by molar-refractivity contribution is 0.0169. The fourth-order valence-electron chi connectivity index (χ4n) is 3.12. The lowest BCUT2D eigenvalue weighted by Crippen LogP contribution is -2.17. The van der Waals surface area contributed by atoms with Crippen LogP contribution in [0.4, 0.5) is 14.5 Å². The Morgan fingerprint density at radius 3 is 2.62 bits per heavy atom. The van der Waals surface area contributed by atoms with Crippen LogP contribution in [0, 0.1) is 6.92 Å². The number of rotatable bonds is 5. The van der Waals surface area contributed by atoms with Crippen LogP contribution in [0.3, 0.4) is 0 Å². The number of nitrogens with one attached hydrogen (secondary N) is 1. The molecule has 4 rings (SSSR count). The molecule has 0 fully saturated rings. The molecule has 0 saturated carbocycles. The van der Waals surface area contributed by atoms with E-state index in [4.69, 9.17) is 0 Å². The molecule has 0 aliphatic rings. The zero-order valence-corrected chi connectivity index (χ0v) is 17.5. The van der Waals surface area contributed by atoms with Gasteiger partial charge in [0, 0.05) is 31.4 Å². The van der Waals surface area contributed by atoms with E-state index in [9.17, 15) is 13.6 Å². The molecule has 0 unspecified atom stereocenters. The molecule has 0 radical (unpaired) electrons. The van der Waals surface area contributed by atoms with E-state index < -0.39 is 11.8 Å². The predicted molar refractivity (Wildman–Crippen MR) is 114 cm³/mol. The number of hydrogen-bond acceptors (Lipinski definition) is 6. The fourth-order valence-corrected chi connectivity index (χ4v) is 3.12. The standard InChI is InChI=1S/C22H19F2N7O/c1-13-4-5-16(28-21(32)19-9-15(11-26-29-19)22(2,23)24)10-17(13)14-6-7-25-18(8-14)20-12-27-31(3)30-20/h4-12H,1-3H3,(H,28,32). The van der Waals surface area contributed by atoms with Gasteiger partial charge in [-0.1, -0.05) is 6.07 Å². The molecular weight excluding hydrogens is 416 g/mol. The average molecular weight is 435 g/mol. The first kappa shape index (κ1) is 21.2. The third kappa shape index (κ3) is 4.48. The van der Waals surface area contributed by atoms with E-state index in [1.165, 1.54) is 4.80 Å². The van der Waals surface area contributed by atoms with Crippen molar-refractivity contribution in [3.63, 3.8) is 0 Å². The Bertz CT molecular complexity index is 1300. The van der Waals surface area contributed by atoms with E-state index in [2.05, 4.69) is 30.7 Å². The molecule has 1 aromatic carbocycles. The normalized spacial score (nSPS) is 11.4. The highest BCUT2D eigenvalue weighted by atomic mass is 19.3. The van der Waals surface area contributed by atoms with Crippen molar-refractivity contribution in [3.8, 4) is 22.5 Å². The first-order chi connectivity index (χ1) is 15.2. The third-order valence-corrected chi connectivity index (χ3v) is 4.82. The van der Waals surface area contributed by atoms with Crippen LogP contribution >= 0.6 is 0 Å². The molecule has 4 aromatic rings. The number of nitrogens with zero attached hydrogens (tertiary/aromatic N) is 6. The fraction of sp³-hybridized carbons (Fsp3) is 0.182. The molecule has 10 heteroatoms. The lowest BCUT2D eigenvalue weighted by Gasteiger charge is -2.12. The van der Waals surface area contributed by atoms with Crippen molar-refractivity contribution in [2.24, 2.45) is 7.05 Å². The van der Waals surface area contributed by atoms with Crippen LogP contribution in [0.5, 0.6) is 0 Å². The van der Waals surface area contributed by atoms with Crippen LogP contribution in [0.25, 0.3) is 22.5 Å². The quantitative estimate of drug-likeness (QED) is 0.509. The highest BCUT2D eigenvalue weighted by Crippen LogP contribution is 2.29. The Morgan fingerprint density at radius 2 is 1.91 bits per heavy atom. The van der Waals surface area contributed by atoms with Crippen molar-refractivity contribution >= 4 is 11.6 Å². The molecule has 1 amide bonds. The summed E-state index contributed by atoms with van der Waals surface area (Å²) in [5.74, 6) is -3.75. The minimum absolute atomic E-state index is 0.194. The SMILES string of the molecule is Cc1ccc(NC(=O)c2cc(C(C)(F)F)cnn2)cc1-c1ccnc(-c2cnn(C)n2)c1. The molecule has 0 atom stereocenters. The van der Waals surface area contributed by atoms with E-state index in [1.54, 1.807) is 31.6 Å². The van der Waals surface area contributed by atoms with Crippen LogP contribution in [0.2, 0.25) is 0 Å². The third-order valence-electron chi connectivity index (χ3n) is 4.82. The Morgan fingerprint density at radius 1 is 1.09 bits per heavy atom. The second kappa shape index (κ2) is 8.22. The average Bonchev–Trinajstić information content (AvgIpc) is 3.21. The van der Waals surface area contributed by atoms with Crippen LogP contribution in [-0.2, 0) is 13.0 Å². The first-order valence-corrected chi connectivity index (χ1v) is 9.67. The molecule has 1 N–H and O–H groups in total. The van der Waals surface area contributed by atoms with Crippen molar-refractivity contribution in [2.45, 2.75) is 19.8 Å². The monoisotopic (exact) mass is 435 g/mol. The van der Waals surface area contributed by atoms with Gasteiger partial charge in [0.05, 0.1) is 18.1 Å². The molecule has 0 aliphatic carbocycles. The van der Waals surface area contributed by atoms with E-state index in [0.717, 1.165) is 35.9 Å². The molecule has 0 saturated heterocycles. The maximum absolute atomic E-state index is 13.6. The predicted octanol–water partition coefficient (Wildman–Crippen LogP) is 4.01. The van der Waals surface area contributed by atoms with Crippen molar-refractivity contribution < 1.29 is 13.6 Å². The summed E-state index contributed by atoms with van der Waals surface area (Å²) in [5, 5.41) is 18.2. The van der Waals surface area contributed by atoms with Gasteiger partial charge in [-0.3, -0.25) is 9.78 Å². The molecule has 0 aliphatic heterocycles. The van der Waals surface area contributed by atoms with Gasteiger partial charge in [-0.2, -0.15) is 20.1 Å². The van der Waals surface area contributed by atoms with Crippen LogP contribution in [0.15, 0.2) is 55.0 Å². The van der Waals surface area contributed by atoms with Crippen molar-refractivity contribution in [1.82, 2.24) is 30.2 Å². The van der Waals surface area contributed by atoms with Gasteiger partial charge in [-0.05, 0) is 53.9 Å². The topological polar surface area (TPSA) is 98.5 Å². The Hall–Kier alpha value is -4.08. The number of amides is 1. The molecule has 8 nitrogen and oxygen atoms in total. The largest absolute Gasteiger partial charge is 0.321 e. The minimum Gasteiger partial charge on any atom is -0.321 e. The number of pyridine rings is 1. The number of carbonyl (C=O) groups is 1. The van der Waals surface area contributed by atoms with Gasteiger partial charge >= 0.3 is 0 Å². The smallest absolute Gasteiger partial charge is 0.276 e. The van der Waals surface area contributed by atoms with Crippen molar-refractivity contribution in [1.29, 1.82) is 0 Å². The van der Waals surface area contributed by atoms with Crippen LogP contribution < -0.4 is 5.32 Å². The summed E-state index contributed by atoms with van der Waals surface area (Å²) in [6.07, 6.45) is 4.25. The Balaban J connectivity index is 1.62. The van der Waals surface area contributed by atoms with Gasteiger partial charge < -0.3 is 5.32 Å². The number of alkyl halides is 2. The van der Waals surface area contributed by atoms with Gasteiger partial charge in [0.1, 0.15) is 5.69 Å². The number of carbonyl (C=O) groups excluding carboxylic acids is 1. The minimum atomic E-state index is -3.12. The number of hydrogen-bond donors (Lipinski definition) is 1. The zero-order chi connectivity index (χ0) is 22.9. The van der Waals surface area contributed by atoms with Gasteiger partial charge in [0.15, 0.2) is 5.69 Å². The van der Waals surface area contributed by atoms with E-state index >= 15 is 0 Å². The number of aryl methyl sites for hydroxylation is 2. The Kier molecular flexibility index (Phi) is 5.43. The van der Waals surface area contributed by atoms with Gasteiger partial charge in [0.25, 0.3) is 11.8 Å². The first-order valence-electron chi connectivity index (χ1n) is 9.67. The molecular formula is C22H19F2N7O. The van der Waals surface area contributed by atoms with E-state index in [-0.39, 0.29) is 11.3 Å². The van der Waals surface area contributed by atoms with Gasteiger partial charge in [-0.15, -0.1) is 5.10 Å². The lowest BCUT2D eigenvalue weighted by atomic mass is 9.99. The van der Waals surface area contributed by atoms with E-state index in [1.807, 2.05) is 25.1 Å². The van der Waals surface area contributed by atoms with Crippen molar-refractivity contribution in [2.75, 3.05) is 5.32 Å². The second-order valence-corrected chi connectivity index (χ2v) is 7.35. The summed E-state index contributed by atoms with van der Waals surface area (Å²) in [5.41, 5.74) is 3.95. The number of benzene rings is 1. The summed E-state index contributed by atoms with van der Waals surface area (Å²) in [4.78, 5) is 18.4.